The first-order valence-electron chi connectivity index (χ1n) is 5.10. The van der Waals surface area contributed by atoms with Gasteiger partial charge in [-0.25, -0.2) is 19.1 Å². The van der Waals surface area contributed by atoms with Crippen LogP contribution in [0.5, 0.6) is 0 Å². The van der Waals surface area contributed by atoms with Crippen LogP contribution in [-0.4, -0.2) is 28.1 Å². The highest BCUT2D eigenvalue weighted by atomic mass is 19.1. The van der Waals surface area contributed by atoms with E-state index in [1.54, 1.807) is 12.1 Å². The normalized spacial score (nSPS) is 10.3. The summed E-state index contributed by atoms with van der Waals surface area (Å²) in [6.07, 6.45) is 0. The van der Waals surface area contributed by atoms with E-state index in [1.807, 2.05) is 0 Å². The number of methoxy groups -OCH3 is 1. The fraction of sp³-hybridized carbons (Fsp3) is 0.182. The van der Waals surface area contributed by atoms with Gasteiger partial charge in [-0.05, 0) is 17.7 Å². The minimum Gasteiger partial charge on any atom is -0.464 e. The number of rotatable bonds is 3. The Morgan fingerprint density at radius 1 is 1.44 bits per heavy atom. The van der Waals surface area contributed by atoms with Crippen LogP contribution >= 0.6 is 0 Å². The molecule has 0 bridgehead atoms. The largest absolute Gasteiger partial charge is 0.464 e. The SMILES string of the molecule is COC(=O)c1n[nH]n(Cc2ccc(F)cc2)c1=O. The van der Waals surface area contributed by atoms with Gasteiger partial charge in [0.25, 0.3) is 0 Å². The van der Waals surface area contributed by atoms with Crippen LogP contribution in [-0.2, 0) is 11.3 Å². The predicted octanol–water partition coefficient (Wildman–Crippen LogP) is 0.545. The van der Waals surface area contributed by atoms with Crippen LogP contribution in [0.3, 0.4) is 0 Å². The third kappa shape index (κ3) is 2.29. The molecule has 0 aliphatic rings. The third-order valence-electron chi connectivity index (χ3n) is 2.36. The first kappa shape index (κ1) is 12.0. The number of nitrogens with zero attached hydrogens (tertiary/aromatic N) is 2. The Labute approximate surface area is 101 Å². The molecule has 0 unspecified atom stereocenters. The number of hydrogen-bond donors (Lipinski definition) is 1. The average molecular weight is 251 g/mol. The van der Waals surface area contributed by atoms with Crippen LogP contribution in [0.1, 0.15) is 16.1 Å². The van der Waals surface area contributed by atoms with Crippen molar-refractivity contribution in [2.24, 2.45) is 0 Å². The second kappa shape index (κ2) is 4.82. The van der Waals surface area contributed by atoms with Crippen molar-refractivity contribution in [3.05, 3.63) is 51.7 Å². The van der Waals surface area contributed by atoms with Crippen molar-refractivity contribution in [1.82, 2.24) is 15.0 Å². The molecule has 7 heteroatoms. The molecule has 94 valence electrons. The fourth-order valence-electron chi connectivity index (χ4n) is 1.44. The number of halogens is 1. The number of carbonyl (C=O) groups excluding carboxylic acids is 1. The third-order valence-corrected chi connectivity index (χ3v) is 2.36. The fourth-order valence-corrected chi connectivity index (χ4v) is 1.44. The summed E-state index contributed by atoms with van der Waals surface area (Å²) in [7, 11) is 1.17. The average Bonchev–Trinajstić information content (AvgIpc) is 2.73. The van der Waals surface area contributed by atoms with Crippen molar-refractivity contribution in [2.75, 3.05) is 7.11 Å². The number of nitrogens with one attached hydrogen (secondary N) is 1. The van der Waals surface area contributed by atoms with Gasteiger partial charge in [-0.1, -0.05) is 12.1 Å². The summed E-state index contributed by atoms with van der Waals surface area (Å²) in [5.41, 5.74) is -0.177. The van der Waals surface area contributed by atoms with E-state index in [9.17, 15) is 14.0 Å². The number of benzene rings is 1. The van der Waals surface area contributed by atoms with Gasteiger partial charge >= 0.3 is 11.5 Å². The molecule has 1 aromatic carbocycles. The molecule has 0 fully saturated rings. The van der Waals surface area contributed by atoms with Crippen LogP contribution in [0.2, 0.25) is 0 Å². The Kier molecular flexibility index (Phi) is 3.22. The summed E-state index contributed by atoms with van der Waals surface area (Å²) >= 11 is 0. The topological polar surface area (TPSA) is 77.0 Å². The van der Waals surface area contributed by atoms with Gasteiger partial charge in [0.1, 0.15) is 5.82 Å². The summed E-state index contributed by atoms with van der Waals surface area (Å²) in [6, 6.07) is 5.66. The standard InChI is InChI=1S/C11H10FN3O3/c1-18-11(17)9-10(16)15(14-13-9)6-7-2-4-8(12)5-3-7/h2-5,14H,6H2,1H3. The lowest BCUT2D eigenvalue weighted by Gasteiger charge is -2.00. The number of esters is 1. The van der Waals surface area contributed by atoms with Gasteiger partial charge in [0.15, 0.2) is 0 Å². The van der Waals surface area contributed by atoms with E-state index in [4.69, 9.17) is 0 Å². The molecule has 1 N–H and O–H groups in total. The monoisotopic (exact) mass is 251 g/mol. The van der Waals surface area contributed by atoms with Crippen molar-refractivity contribution >= 4 is 5.97 Å². The van der Waals surface area contributed by atoms with Crippen molar-refractivity contribution in [2.45, 2.75) is 6.54 Å². The van der Waals surface area contributed by atoms with Crippen LogP contribution < -0.4 is 5.56 Å². The lowest BCUT2D eigenvalue weighted by Crippen LogP contribution is -2.22. The van der Waals surface area contributed by atoms with E-state index >= 15 is 0 Å². The molecule has 6 nitrogen and oxygen atoms in total. The minimum absolute atomic E-state index is 0.170. The van der Waals surface area contributed by atoms with Crippen LogP contribution in [0, 0.1) is 5.82 Å². The molecular weight excluding hydrogens is 241 g/mol. The molecule has 0 aliphatic carbocycles. The van der Waals surface area contributed by atoms with E-state index in [-0.39, 0.29) is 18.1 Å². The van der Waals surface area contributed by atoms with E-state index in [1.165, 1.54) is 19.2 Å². The molecule has 0 spiro atoms. The number of carbonyl (C=O) groups is 1. The second-order valence-electron chi connectivity index (χ2n) is 3.57. The summed E-state index contributed by atoms with van der Waals surface area (Å²) < 4.78 is 18.3. The Morgan fingerprint density at radius 2 is 2.11 bits per heavy atom. The van der Waals surface area contributed by atoms with E-state index < -0.39 is 11.5 Å². The summed E-state index contributed by atoms with van der Waals surface area (Å²) in [5, 5.41) is 5.99. The molecule has 0 saturated carbocycles. The van der Waals surface area contributed by atoms with E-state index in [0.717, 1.165) is 4.68 Å². The van der Waals surface area contributed by atoms with Gasteiger partial charge in [-0.15, -0.1) is 5.10 Å². The first-order valence-corrected chi connectivity index (χ1v) is 5.10. The van der Waals surface area contributed by atoms with E-state index in [0.29, 0.717) is 5.56 Å². The Bertz CT molecular complexity index is 615. The lowest BCUT2D eigenvalue weighted by molar-refractivity contribution is 0.0592. The summed E-state index contributed by atoms with van der Waals surface area (Å²) in [5.74, 6) is -1.15. The number of H-pyrrole nitrogens is 1. The van der Waals surface area contributed by atoms with Crippen LogP contribution in [0.15, 0.2) is 29.1 Å². The minimum atomic E-state index is -0.797. The highest BCUT2D eigenvalue weighted by molar-refractivity contribution is 5.86. The number of hydrogen-bond acceptors (Lipinski definition) is 4. The van der Waals surface area contributed by atoms with Gasteiger partial charge < -0.3 is 4.74 Å². The summed E-state index contributed by atoms with van der Waals surface area (Å²) in [6.45, 7) is 0.170. The zero-order valence-electron chi connectivity index (χ0n) is 9.51. The second-order valence-corrected chi connectivity index (χ2v) is 3.57. The van der Waals surface area contributed by atoms with Crippen molar-refractivity contribution in [3.63, 3.8) is 0 Å². The molecule has 0 amide bonds. The quantitative estimate of drug-likeness (QED) is 0.808. The molecule has 18 heavy (non-hydrogen) atoms. The predicted molar refractivity (Wildman–Crippen MR) is 59.7 cm³/mol. The van der Waals surface area contributed by atoms with Crippen molar-refractivity contribution in [1.29, 1.82) is 0 Å². The van der Waals surface area contributed by atoms with Gasteiger partial charge in [-0.2, -0.15) is 0 Å². The van der Waals surface area contributed by atoms with Gasteiger partial charge in [-0.3, -0.25) is 4.79 Å². The Balaban J connectivity index is 2.25. The summed E-state index contributed by atoms with van der Waals surface area (Å²) in [4.78, 5) is 22.9. The van der Waals surface area contributed by atoms with Crippen molar-refractivity contribution in [3.8, 4) is 0 Å². The smallest absolute Gasteiger partial charge is 0.364 e. The molecule has 0 atom stereocenters. The zero-order valence-corrected chi connectivity index (χ0v) is 9.51. The molecule has 0 radical (unpaired) electrons. The molecular formula is C11H10FN3O3. The molecule has 0 saturated heterocycles. The molecule has 1 aromatic heterocycles. The van der Waals surface area contributed by atoms with Gasteiger partial charge in [0.05, 0.1) is 13.7 Å². The van der Waals surface area contributed by atoms with Crippen LogP contribution in [0.25, 0.3) is 0 Å². The first-order chi connectivity index (χ1) is 8.61. The number of aromatic nitrogens is 3. The van der Waals surface area contributed by atoms with Gasteiger partial charge in [0, 0.05) is 0 Å². The number of aromatic amines is 1. The highest BCUT2D eigenvalue weighted by Gasteiger charge is 2.16. The van der Waals surface area contributed by atoms with Gasteiger partial charge in [0.2, 0.25) is 5.69 Å². The Morgan fingerprint density at radius 3 is 2.72 bits per heavy atom. The maximum atomic E-state index is 12.7. The lowest BCUT2D eigenvalue weighted by atomic mass is 10.2. The number of ether oxygens (including phenoxy) is 1. The van der Waals surface area contributed by atoms with E-state index in [2.05, 4.69) is 15.0 Å². The maximum absolute atomic E-state index is 12.7. The van der Waals surface area contributed by atoms with Crippen LogP contribution in [0.4, 0.5) is 4.39 Å². The molecule has 2 aromatic rings. The zero-order chi connectivity index (χ0) is 13.1. The molecule has 1 heterocycles. The molecule has 0 aliphatic heterocycles. The highest BCUT2D eigenvalue weighted by Crippen LogP contribution is 2.03. The van der Waals surface area contributed by atoms with Crippen molar-refractivity contribution < 1.29 is 13.9 Å². The maximum Gasteiger partial charge on any atom is 0.364 e. The molecule has 2 rings (SSSR count). The Hall–Kier alpha value is -2.44.